The van der Waals surface area contributed by atoms with Crippen LogP contribution in [0.2, 0.25) is 0 Å². The minimum atomic E-state index is -0.737. The Kier molecular flexibility index (Phi) is 4.83. The van der Waals surface area contributed by atoms with E-state index in [1.807, 2.05) is 18.2 Å². The summed E-state index contributed by atoms with van der Waals surface area (Å²) in [5.74, 6) is -0.300. The number of halogens is 1. The summed E-state index contributed by atoms with van der Waals surface area (Å²) in [6, 6.07) is 16.2. The van der Waals surface area contributed by atoms with E-state index in [-0.39, 0.29) is 11.9 Å². The number of aliphatic hydroxyl groups is 1. The fraction of sp³-hybridized carbons (Fsp3) is 0.333. The number of rotatable bonds is 4. The number of nitrogens with zero attached hydrogens (tertiary/aromatic N) is 1. The molecule has 1 saturated heterocycles. The molecular weight excluding hydrogens is 281 g/mol. The van der Waals surface area contributed by atoms with Gasteiger partial charge in [-0.05, 0) is 23.3 Å². The van der Waals surface area contributed by atoms with Crippen molar-refractivity contribution in [2.24, 2.45) is 0 Å². The molecule has 2 aromatic carbocycles. The summed E-state index contributed by atoms with van der Waals surface area (Å²) in [5.41, 5.74) is 1.94. The lowest BCUT2D eigenvalue weighted by Gasteiger charge is -2.35. The quantitative estimate of drug-likeness (QED) is 0.942. The Bertz CT molecular complexity index is 588. The maximum atomic E-state index is 13.0. The zero-order valence-electron chi connectivity index (χ0n) is 12.4. The maximum absolute atomic E-state index is 13.0. The maximum Gasteiger partial charge on any atom is 0.123 e. The zero-order chi connectivity index (χ0) is 15.4. The first-order valence-corrected chi connectivity index (χ1v) is 7.54. The predicted molar refractivity (Wildman–Crippen MR) is 82.8 cm³/mol. The molecule has 2 aromatic rings. The van der Waals surface area contributed by atoms with Gasteiger partial charge < -0.3 is 9.84 Å². The summed E-state index contributed by atoms with van der Waals surface area (Å²) in [6.45, 7) is 2.95. The molecule has 0 radical (unpaired) electrons. The smallest absolute Gasteiger partial charge is 0.123 e. The Hall–Kier alpha value is -1.75. The van der Waals surface area contributed by atoms with E-state index >= 15 is 0 Å². The van der Waals surface area contributed by atoms with Crippen LogP contribution < -0.4 is 0 Å². The number of morpholine rings is 1. The van der Waals surface area contributed by atoms with Crippen LogP contribution in [0.3, 0.4) is 0 Å². The average molecular weight is 301 g/mol. The average Bonchev–Trinajstić information content (AvgIpc) is 2.56. The molecule has 1 N–H and O–H groups in total. The predicted octanol–water partition coefficient (Wildman–Crippen LogP) is 2.76. The number of ether oxygens (including phenoxy) is 1. The molecule has 1 heterocycles. The summed E-state index contributed by atoms with van der Waals surface area (Å²) in [4.78, 5) is 2.27. The number of hydrogen-bond donors (Lipinski definition) is 1. The zero-order valence-corrected chi connectivity index (χ0v) is 12.4. The third-order valence-electron chi connectivity index (χ3n) is 3.99. The second-order valence-electron chi connectivity index (χ2n) is 5.63. The van der Waals surface area contributed by atoms with Crippen molar-refractivity contribution in [1.82, 2.24) is 4.90 Å². The highest BCUT2D eigenvalue weighted by Crippen LogP contribution is 2.23. The lowest BCUT2D eigenvalue weighted by molar-refractivity contribution is -0.0919. The van der Waals surface area contributed by atoms with Crippen molar-refractivity contribution in [2.75, 3.05) is 19.7 Å². The largest absolute Gasteiger partial charge is 0.386 e. The Morgan fingerprint density at radius 3 is 2.59 bits per heavy atom. The van der Waals surface area contributed by atoms with Gasteiger partial charge >= 0.3 is 0 Å². The van der Waals surface area contributed by atoms with E-state index in [1.165, 1.54) is 17.7 Å². The second kappa shape index (κ2) is 7.01. The first-order chi connectivity index (χ1) is 10.7. The minimum absolute atomic E-state index is 0.289. The molecule has 3 nitrogen and oxygen atoms in total. The van der Waals surface area contributed by atoms with Gasteiger partial charge in [-0.1, -0.05) is 42.5 Å². The van der Waals surface area contributed by atoms with Crippen LogP contribution in [0.1, 0.15) is 17.2 Å². The van der Waals surface area contributed by atoms with Gasteiger partial charge in [-0.2, -0.15) is 0 Å². The van der Waals surface area contributed by atoms with Gasteiger partial charge in [0.2, 0.25) is 0 Å². The van der Waals surface area contributed by atoms with Crippen LogP contribution in [0.25, 0.3) is 0 Å². The van der Waals surface area contributed by atoms with Gasteiger partial charge in [-0.3, -0.25) is 4.90 Å². The van der Waals surface area contributed by atoms with Crippen LogP contribution >= 0.6 is 0 Å². The van der Waals surface area contributed by atoms with Crippen LogP contribution in [0.15, 0.2) is 54.6 Å². The first kappa shape index (κ1) is 15.2. The highest BCUT2D eigenvalue weighted by atomic mass is 19.1. The lowest BCUT2D eigenvalue weighted by Crippen LogP contribution is -2.44. The molecule has 0 aromatic heterocycles. The molecule has 1 aliphatic heterocycles. The first-order valence-electron chi connectivity index (χ1n) is 7.54. The summed E-state index contributed by atoms with van der Waals surface area (Å²) < 4.78 is 18.7. The number of hydrogen-bond acceptors (Lipinski definition) is 3. The van der Waals surface area contributed by atoms with Crippen LogP contribution in [-0.2, 0) is 11.3 Å². The van der Waals surface area contributed by atoms with E-state index in [0.29, 0.717) is 18.7 Å². The molecule has 2 atom stereocenters. The van der Waals surface area contributed by atoms with E-state index in [2.05, 4.69) is 17.0 Å². The molecule has 3 rings (SSSR count). The monoisotopic (exact) mass is 301 g/mol. The van der Waals surface area contributed by atoms with Crippen LogP contribution in [0.4, 0.5) is 4.39 Å². The van der Waals surface area contributed by atoms with Gasteiger partial charge in [-0.25, -0.2) is 4.39 Å². The van der Waals surface area contributed by atoms with Crippen LogP contribution in [0.5, 0.6) is 0 Å². The third kappa shape index (κ3) is 3.71. The fourth-order valence-electron chi connectivity index (χ4n) is 2.78. The van der Waals surface area contributed by atoms with Crippen molar-refractivity contribution in [3.05, 3.63) is 71.5 Å². The lowest BCUT2D eigenvalue weighted by atomic mass is 10.0. The van der Waals surface area contributed by atoms with Crippen molar-refractivity contribution in [3.8, 4) is 0 Å². The van der Waals surface area contributed by atoms with Gasteiger partial charge in [0, 0.05) is 19.6 Å². The SMILES string of the molecule is OC(c1ccc(F)cc1)[C@H]1CN(Cc2ccccc2)CCO1. The van der Waals surface area contributed by atoms with Crippen molar-refractivity contribution < 1.29 is 14.2 Å². The van der Waals surface area contributed by atoms with E-state index in [1.54, 1.807) is 12.1 Å². The van der Waals surface area contributed by atoms with Crippen molar-refractivity contribution in [1.29, 1.82) is 0 Å². The molecule has 116 valence electrons. The Labute approximate surface area is 130 Å². The van der Waals surface area contributed by atoms with E-state index in [0.717, 1.165) is 13.1 Å². The van der Waals surface area contributed by atoms with Gasteiger partial charge in [0.05, 0.1) is 6.61 Å². The summed E-state index contributed by atoms with van der Waals surface area (Å²) in [6.07, 6.45) is -1.03. The molecule has 1 unspecified atom stereocenters. The number of aliphatic hydroxyl groups excluding tert-OH is 1. The van der Waals surface area contributed by atoms with Crippen molar-refractivity contribution in [3.63, 3.8) is 0 Å². The van der Waals surface area contributed by atoms with Crippen molar-refractivity contribution in [2.45, 2.75) is 18.8 Å². The molecule has 1 aliphatic rings. The van der Waals surface area contributed by atoms with Crippen LogP contribution in [-0.4, -0.2) is 35.8 Å². The molecule has 0 aliphatic carbocycles. The van der Waals surface area contributed by atoms with Gasteiger partial charge in [0.1, 0.15) is 18.0 Å². The minimum Gasteiger partial charge on any atom is -0.386 e. The van der Waals surface area contributed by atoms with E-state index in [4.69, 9.17) is 4.74 Å². The molecule has 0 amide bonds. The Balaban J connectivity index is 1.63. The second-order valence-corrected chi connectivity index (χ2v) is 5.63. The number of benzene rings is 2. The topological polar surface area (TPSA) is 32.7 Å². The van der Waals surface area contributed by atoms with Crippen LogP contribution in [0, 0.1) is 5.82 Å². The van der Waals surface area contributed by atoms with E-state index < -0.39 is 6.10 Å². The molecular formula is C18H20FNO2. The summed E-state index contributed by atoms with van der Waals surface area (Å²) in [5, 5.41) is 10.4. The van der Waals surface area contributed by atoms with Crippen molar-refractivity contribution >= 4 is 0 Å². The van der Waals surface area contributed by atoms with Gasteiger partial charge in [0.25, 0.3) is 0 Å². The molecule has 22 heavy (non-hydrogen) atoms. The molecule has 0 saturated carbocycles. The Morgan fingerprint density at radius 2 is 1.86 bits per heavy atom. The molecule has 0 bridgehead atoms. The normalized spacial score (nSPS) is 20.7. The third-order valence-corrected chi connectivity index (χ3v) is 3.99. The highest BCUT2D eigenvalue weighted by Gasteiger charge is 2.27. The van der Waals surface area contributed by atoms with E-state index in [9.17, 15) is 9.50 Å². The summed E-state index contributed by atoms with van der Waals surface area (Å²) in [7, 11) is 0. The fourth-order valence-corrected chi connectivity index (χ4v) is 2.78. The van der Waals surface area contributed by atoms with Gasteiger partial charge in [0.15, 0.2) is 0 Å². The molecule has 0 spiro atoms. The summed E-state index contributed by atoms with van der Waals surface area (Å²) >= 11 is 0. The van der Waals surface area contributed by atoms with Gasteiger partial charge in [-0.15, -0.1) is 0 Å². The molecule has 4 heteroatoms. The highest BCUT2D eigenvalue weighted by molar-refractivity contribution is 5.20. The standard InChI is InChI=1S/C18H20FNO2/c19-16-8-6-15(7-9-16)18(21)17-13-20(10-11-22-17)12-14-4-2-1-3-5-14/h1-9,17-18,21H,10-13H2/t17-,18?/m1/s1. The Morgan fingerprint density at radius 1 is 1.14 bits per heavy atom. The molecule has 1 fully saturated rings.